The highest BCUT2D eigenvalue weighted by Crippen LogP contribution is 2.30. The number of likely N-dealkylation sites (tertiary alicyclic amines) is 1. The third kappa shape index (κ3) is 3.46. The monoisotopic (exact) mass is 330 g/mol. The van der Waals surface area contributed by atoms with Crippen molar-refractivity contribution in [3.05, 3.63) is 40.9 Å². The maximum Gasteiger partial charge on any atom is 0.266 e. The quantitative estimate of drug-likeness (QED) is 0.933. The van der Waals surface area contributed by atoms with E-state index < -0.39 is 0 Å². The average molecular weight is 330 g/mol. The molecular weight excluding hydrogens is 308 g/mol. The van der Waals surface area contributed by atoms with Crippen LogP contribution in [0.1, 0.15) is 41.0 Å². The van der Waals surface area contributed by atoms with E-state index in [1.54, 1.807) is 0 Å². The van der Waals surface area contributed by atoms with Gasteiger partial charge < -0.3 is 10.0 Å². The summed E-state index contributed by atoms with van der Waals surface area (Å²) in [4.78, 5) is 20.2. The Kier molecular flexibility index (Phi) is 5.08. The van der Waals surface area contributed by atoms with E-state index in [-0.39, 0.29) is 18.6 Å². The van der Waals surface area contributed by atoms with Gasteiger partial charge in [0.2, 0.25) is 0 Å². The largest absolute Gasteiger partial charge is 0.396 e. The lowest BCUT2D eigenvalue weighted by molar-refractivity contribution is 0.0578. The zero-order valence-corrected chi connectivity index (χ0v) is 14.2. The maximum absolute atomic E-state index is 13.0. The van der Waals surface area contributed by atoms with E-state index in [0.29, 0.717) is 6.42 Å². The second kappa shape index (κ2) is 7.23. The summed E-state index contributed by atoms with van der Waals surface area (Å²) in [6.45, 7) is 2.81. The summed E-state index contributed by atoms with van der Waals surface area (Å²) in [7, 11) is 0. The topological polar surface area (TPSA) is 53.4 Å². The third-order valence-corrected chi connectivity index (χ3v) is 5.56. The summed E-state index contributed by atoms with van der Waals surface area (Å²) in [6.07, 6.45) is 3.81. The van der Waals surface area contributed by atoms with Crippen LogP contribution < -0.4 is 0 Å². The summed E-state index contributed by atoms with van der Waals surface area (Å²) in [5, 5.41) is 10.1. The predicted octanol–water partition coefficient (Wildman–Crippen LogP) is 3.50. The molecule has 122 valence electrons. The molecule has 2 aromatic rings. The van der Waals surface area contributed by atoms with Gasteiger partial charge in [-0.05, 0) is 32.6 Å². The van der Waals surface area contributed by atoms with Gasteiger partial charge in [0.05, 0.1) is 5.69 Å². The molecule has 1 atom stereocenters. The SMILES string of the molecule is Cc1nc(-c2ccccc2)sc1C(=O)N1CCCCC1CCO. The normalized spacial score (nSPS) is 18.2. The van der Waals surface area contributed by atoms with Gasteiger partial charge in [0.25, 0.3) is 5.91 Å². The highest BCUT2D eigenvalue weighted by Gasteiger charge is 2.29. The number of carbonyl (C=O) groups excluding carboxylic acids is 1. The number of aryl methyl sites for hydroxylation is 1. The van der Waals surface area contributed by atoms with Gasteiger partial charge in [0, 0.05) is 24.8 Å². The first-order chi connectivity index (χ1) is 11.2. The molecule has 1 saturated heterocycles. The number of thiazole rings is 1. The van der Waals surface area contributed by atoms with Crippen LogP contribution in [-0.4, -0.2) is 40.1 Å². The lowest BCUT2D eigenvalue weighted by Crippen LogP contribution is -2.44. The molecule has 0 saturated carbocycles. The van der Waals surface area contributed by atoms with Gasteiger partial charge in [-0.15, -0.1) is 11.3 Å². The standard InChI is InChI=1S/C18H22N2O2S/c1-13-16(23-17(19-13)14-7-3-2-4-8-14)18(22)20-11-6-5-9-15(20)10-12-21/h2-4,7-8,15,21H,5-6,9-12H2,1H3. The fraction of sp³-hybridized carbons (Fsp3) is 0.444. The second-order valence-electron chi connectivity index (χ2n) is 5.96. The van der Waals surface area contributed by atoms with Crippen molar-refractivity contribution in [1.29, 1.82) is 0 Å². The number of nitrogens with zero attached hydrogens (tertiary/aromatic N) is 2. The van der Waals surface area contributed by atoms with E-state index in [1.807, 2.05) is 42.2 Å². The molecule has 23 heavy (non-hydrogen) atoms. The fourth-order valence-corrected chi connectivity index (χ4v) is 4.17. The van der Waals surface area contributed by atoms with Gasteiger partial charge in [-0.2, -0.15) is 0 Å². The molecule has 0 radical (unpaired) electrons. The molecule has 1 N–H and O–H groups in total. The van der Waals surface area contributed by atoms with Crippen LogP contribution in [0.25, 0.3) is 10.6 Å². The van der Waals surface area contributed by atoms with Crippen LogP contribution in [0.5, 0.6) is 0 Å². The highest BCUT2D eigenvalue weighted by atomic mass is 32.1. The summed E-state index contributed by atoms with van der Waals surface area (Å²) >= 11 is 1.47. The van der Waals surface area contributed by atoms with E-state index in [1.165, 1.54) is 11.3 Å². The lowest BCUT2D eigenvalue weighted by atomic mass is 9.99. The number of rotatable bonds is 4. The van der Waals surface area contributed by atoms with Crippen molar-refractivity contribution < 1.29 is 9.90 Å². The molecule has 0 spiro atoms. The Labute approximate surface area is 140 Å². The molecule has 2 heterocycles. The Morgan fingerprint density at radius 1 is 1.35 bits per heavy atom. The number of aliphatic hydroxyl groups is 1. The highest BCUT2D eigenvalue weighted by molar-refractivity contribution is 7.17. The minimum Gasteiger partial charge on any atom is -0.396 e. The van der Waals surface area contributed by atoms with E-state index in [9.17, 15) is 9.90 Å². The average Bonchev–Trinajstić information content (AvgIpc) is 2.98. The molecule has 1 unspecified atom stereocenters. The number of hydrogen-bond donors (Lipinski definition) is 1. The number of aliphatic hydroxyl groups excluding tert-OH is 1. The molecule has 1 amide bonds. The van der Waals surface area contributed by atoms with Gasteiger partial charge in [0.15, 0.2) is 0 Å². The van der Waals surface area contributed by atoms with Crippen LogP contribution in [0.2, 0.25) is 0 Å². The summed E-state index contributed by atoms with van der Waals surface area (Å²) in [5.74, 6) is 0.0698. The van der Waals surface area contributed by atoms with Crippen LogP contribution >= 0.6 is 11.3 Å². The number of benzene rings is 1. The minimum atomic E-state index is 0.0698. The number of amides is 1. The van der Waals surface area contributed by atoms with E-state index in [4.69, 9.17) is 0 Å². The molecule has 1 aliphatic rings. The van der Waals surface area contributed by atoms with Crippen molar-refractivity contribution in [3.8, 4) is 10.6 Å². The third-order valence-electron chi connectivity index (χ3n) is 4.36. The zero-order chi connectivity index (χ0) is 16.2. The molecule has 1 fully saturated rings. The summed E-state index contributed by atoms with van der Waals surface area (Å²) in [5.41, 5.74) is 1.84. The van der Waals surface area contributed by atoms with Gasteiger partial charge in [-0.3, -0.25) is 4.79 Å². The second-order valence-corrected chi connectivity index (χ2v) is 6.96. The Balaban J connectivity index is 1.86. The van der Waals surface area contributed by atoms with Crippen molar-refractivity contribution >= 4 is 17.2 Å². The number of aromatic nitrogens is 1. The van der Waals surface area contributed by atoms with Crippen molar-refractivity contribution in [1.82, 2.24) is 9.88 Å². The molecule has 3 rings (SSSR count). The molecule has 5 heteroatoms. The zero-order valence-electron chi connectivity index (χ0n) is 13.4. The first kappa shape index (κ1) is 16.1. The molecule has 0 bridgehead atoms. The fourth-order valence-electron chi connectivity index (χ4n) is 3.15. The Morgan fingerprint density at radius 2 is 2.13 bits per heavy atom. The Hall–Kier alpha value is -1.72. The van der Waals surface area contributed by atoms with Crippen molar-refractivity contribution in [2.75, 3.05) is 13.2 Å². The van der Waals surface area contributed by atoms with Crippen molar-refractivity contribution in [3.63, 3.8) is 0 Å². The Bertz CT molecular complexity index is 667. The smallest absolute Gasteiger partial charge is 0.266 e. The molecule has 1 aliphatic heterocycles. The van der Waals surface area contributed by atoms with E-state index in [2.05, 4.69) is 4.98 Å². The summed E-state index contributed by atoms with van der Waals surface area (Å²) in [6, 6.07) is 10.1. The molecule has 0 aliphatic carbocycles. The maximum atomic E-state index is 13.0. The van der Waals surface area contributed by atoms with E-state index in [0.717, 1.165) is 46.9 Å². The molecule has 1 aromatic carbocycles. The lowest BCUT2D eigenvalue weighted by Gasteiger charge is -2.35. The van der Waals surface area contributed by atoms with Crippen molar-refractivity contribution in [2.45, 2.75) is 38.6 Å². The molecule has 4 nitrogen and oxygen atoms in total. The van der Waals surface area contributed by atoms with Gasteiger partial charge in [-0.1, -0.05) is 30.3 Å². The first-order valence-electron chi connectivity index (χ1n) is 8.15. The minimum absolute atomic E-state index is 0.0698. The number of carbonyl (C=O) groups is 1. The first-order valence-corrected chi connectivity index (χ1v) is 8.97. The van der Waals surface area contributed by atoms with Crippen LogP contribution in [0.4, 0.5) is 0 Å². The van der Waals surface area contributed by atoms with Gasteiger partial charge >= 0.3 is 0 Å². The predicted molar refractivity (Wildman–Crippen MR) is 92.7 cm³/mol. The van der Waals surface area contributed by atoms with Crippen molar-refractivity contribution in [2.24, 2.45) is 0 Å². The molecular formula is C18H22N2O2S. The van der Waals surface area contributed by atoms with Crippen LogP contribution in [-0.2, 0) is 0 Å². The van der Waals surface area contributed by atoms with Crippen LogP contribution in [0.15, 0.2) is 30.3 Å². The summed E-state index contributed by atoms with van der Waals surface area (Å²) < 4.78 is 0. The van der Waals surface area contributed by atoms with Crippen LogP contribution in [0.3, 0.4) is 0 Å². The molecule has 1 aromatic heterocycles. The number of hydrogen-bond acceptors (Lipinski definition) is 4. The Morgan fingerprint density at radius 3 is 2.87 bits per heavy atom. The van der Waals surface area contributed by atoms with Crippen LogP contribution in [0, 0.1) is 6.92 Å². The van der Waals surface area contributed by atoms with Gasteiger partial charge in [0.1, 0.15) is 9.88 Å². The van der Waals surface area contributed by atoms with E-state index >= 15 is 0 Å². The number of piperidine rings is 1. The van der Waals surface area contributed by atoms with Gasteiger partial charge in [-0.25, -0.2) is 4.98 Å².